The molecular weight excluding hydrogens is 1330 g/mol. The molecule has 0 aromatic heterocycles. The van der Waals surface area contributed by atoms with E-state index in [9.17, 15) is 159 Å². The first-order chi connectivity index (χ1) is 38.7. The maximum Gasteiger partial charge on any atom is 0.472 e. The molecule has 0 bridgehead atoms. The molecule has 42 heteroatoms. The third kappa shape index (κ3) is 19.4. The Labute approximate surface area is 473 Å². The molecule has 0 aromatic rings. The fraction of sp³-hybridized carbons (Fsp3) is 1.00. The monoisotopic (exact) mass is 1390 g/mol. The summed E-state index contributed by atoms with van der Waals surface area (Å²) in [4.78, 5) is 11.6. The minimum atomic E-state index is -8.71. The molecule has 0 radical (unpaired) electrons. The first kappa shape index (κ1) is 84.6. The highest BCUT2D eigenvalue weighted by Gasteiger charge is 2.97. The van der Waals surface area contributed by atoms with Crippen LogP contribution in [0.5, 0.6) is 0 Å². The molecule has 0 fully saturated rings. The maximum atomic E-state index is 14.2. The molecule has 0 saturated carbocycles. The molecule has 0 rings (SSSR count). The molecule has 0 aliphatic heterocycles. The largest absolute Gasteiger partial charge is 0.472 e. The normalized spacial score (nSPS) is 16.3. The van der Waals surface area contributed by atoms with E-state index >= 15 is 0 Å². The predicted octanol–water partition coefficient (Wildman–Crippen LogP) is 18.9. The lowest BCUT2D eigenvalue weighted by atomic mass is 9.87. The summed E-state index contributed by atoms with van der Waals surface area (Å²) in [7, 11) is -1.38. The summed E-state index contributed by atoms with van der Waals surface area (Å²) < 4.78 is 492. The lowest BCUT2D eigenvalue weighted by molar-refractivity contribution is -0.461. The number of rotatable bonds is 46. The first-order valence-corrected chi connectivity index (χ1v) is 27.1. The van der Waals surface area contributed by atoms with Crippen molar-refractivity contribution in [1.82, 2.24) is 4.90 Å². The summed E-state index contributed by atoms with van der Waals surface area (Å²) in [5.41, 5.74) is 0. The summed E-state index contributed by atoms with van der Waals surface area (Å²) in [6.45, 7) is -0.832. The summed E-state index contributed by atoms with van der Waals surface area (Å²) in [6.07, 6.45) is -21.6. The molecule has 2 unspecified atom stereocenters. The Morgan fingerprint density at radius 1 is 0.322 bits per heavy atom. The Morgan fingerprint density at radius 2 is 0.575 bits per heavy atom. The lowest BCUT2D eigenvalue weighted by Gasteiger charge is -2.42. The Hall–Kier alpha value is -2.39. The van der Waals surface area contributed by atoms with Gasteiger partial charge in [0.2, 0.25) is 0 Å². The number of likely N-dealkylation sites (N-methyl/N-ethyl adjacent to an activating group) is 1. The van der Waals surface area contributed by atoms with Crippen LogP contribution >= 0.6 is 7.82 Å². The number of nitrogens with zero attached hydrogens (tertiary/aromatic N) is 1. The number of alkyl halides is 34. The van der Waals surface area contributed by atoms with E-state index in [0.29, 0.717) is 57.8 Å². The second-order valence-corrected chi connectivity index (χ2v) is 21.6. The van der Waals surface area contributed by atoms with Gasteiger partial charge in [-0.2, -0.15) is 149 Å². The molecule has 1 N–H and O–H groups in total. The molecule has 0 spiro atoms. The number of phosphoric ester groups is 1. The zero-order valence-corrected chi connectivity index (χ0v) is 46.1. The van der Waals surface area contributed by atoms with Gasteiger partial charge in [0.15, 0.2) is 0 Å². The van der Waals surface area contributed by atoms with E-state index in [4.69, 9.17) is 18.5 Å². The number of unbranched alkanes of at least 4 members (excludes halogenated alkanes) is 16. The van der Waals surface area contributed by atoms with Crippen LogP contribution in [0.15, 0.2) is 0 Å². The van der Waals surface area contributed by atoms with Gasteiger partial charge in [0.1, 0.15) is 6.10 Å². The van der Waals surface area contributed by atoms with Crippen LogP contribution in [-0.4, -0.2) is 165 Å². The van der Waals surface area contributed by atoms with Gasteiger partial charge in [-0.1, -0.05) is 89.9 Å². The van der Waals surface area contributed by atoms with Gasteiger partial charge in [-0.25, -0.2) is 4.57 Å². The van der Waals surface area contributed by atoms with Crippen LogP contribution in [-0.2, 0) is 23.1 Å². The van der Waals surface area contributed by atoms with Crippen molar-refractivity contribution in [3.63, 3.8) is 0 Å². The van der Waals surface area contributed by atoms with E-state index in [0.717, 1.165) is 0 Å². The average Bonchev–Trinajstić information content (AvgIpc) is 0.722. The van der Waals surface area contributed by atoms with Crippen molar-refractivity contribution in [3.8, 4) is 0 Å². The molecule has 2 atom stereocenters. The fourth-order valence-electron chi connectivity index (χ4n) is 7.34. The zero-order chi connectivity index (χ0) is 68.9. The molecule has 7 nitrogen and oxygen atoms in total. The molecule has 87 heavy (non-hydrogen) atoms. The van der Waals surface area contributed by atoms with E-state index in [1.165, 1.54) is 0 Å². The standard InChI is InChI=1S/C45H60F34NO6P/c1-80(2)23-26-85-87(81,82)86-28-29(84-25-20-16-12-8-4-6-10-14-18-22-31(48,49)33(52,53)35(56,57)37(60,61)39(64,65)41(68,69)43(72,73)45(77,78)79)27-83-24-19-15-11-7-3-5-9-13-17-21-30(46,47)32(50,51)34(54,55)36(58,59)38(62,63)40(66,67)42(70,71)44(74,75)76/h29H,3-28H2,1-2H3,(H,81,82). The van der Waals surface area contributed by atoms with E-state index in [1.807, 2.05) is 0 Å². The van der Waals surface area contributed by atoms with Crippen molar-refractivity contribution >= 4 is 7.82 Å². The minimum Gasteiger partial charge on any atom is -0.379 e. The van der Waals surface area contributed by atoms with E-state index in [1.54, 1.807) is 19.0 Å². The van der Waals surface area contributed by atoms with Crippen molar-refractivity contribution in [2.45, 2.75) is 230 Å². The Kier molecular flexibility index (Phi) is 30.2. The molecule has 0 aliphatic carbocycles. The molecule has 0 aliphatic rings. The smallest absolute Gasteiger partial charge is 0.379 e. The Balaban J connectivity index is 5.04. The van der Waals surface area contributed by atoms with E-state index in [-0.39, 0.29) is 65.1 Å². The van der Waals surface area contributed by atoms with Crippen LogP contribution in [0.4, 0.5) is 149 Å². The van der Waals surface area contributed by atoms with E-state index < -0.39 is 154 Å². The molecule has 0 heterocycles. The Bertz CT molecular complexity index is 2070. The molecule has 0 amide bonds. The second kappa shape index (κ2) is 31.0. The van der Waals surface area contributed by atoms with Crippen molar-refractivity contribution in [1.29, 1.82) is 0 Å². The zero-order valence-electron chi connectivity index (χ0n) is 45.2. The summed E-state index contributed by atoms with van der Waals surface area (Å²) in [6, 6.07) is 0. The minimum absolute atomic E-state index is 0.0315. The van der Waals surface area contributed by atoms with Gasteiger partial charge >= 0.3 is 103 Å². The number of ether oxygens (including phenoxy) is 2. The SMILES string of the molecule is CN(C)CCOP(=O)(O)OCC(COCCCCCCCCCCCC(F)(F)C(F)(F)C(F)(F)C(F)(F)C(F)(F)C(F)(F)C(F)(F)C(F)(F)F)OCCCCCCCCCCCC(F)(F)C(F)(F)C(F)(F)C(F)(F)C(F)(F)C(F)(F)C(F)(F)C(F)(F)F. The van der Waals surface area contributed by atoms with Crippen LogP contribution in [0.25, 0.3) is 0 Å². The van der Waals surface area contributed by atoms with Crippen LogP contribution in [0.1, 0.15) is 128 Å². The lowest BCUT2D eigenvalue weighted by Crippen LogP contribution is -2.74. The van der Waals surface area contributed by atoms with Crippen LogP contribution in [0.3, 0.4) is 0 Å². The molecular formula is C45H60F34NO6P. The Morgan fingerprint density at radius 3 is 0.862 bits per heavy atom. The van der Waals surface area contributed by atoms with Crippen LogP contribution in [0.2, 0.25) is 0 Å². The first-order valence-electron chi connectivity index (χ1n) is 25.6. The highest BCUT2D eigenvalue weighted by molar-refractivity contribution is 7.47. The number of hydrogen-bond donors (Lipinski definition) is 1. The van der Waals surface area contributed by atoms with Crippen LogP contribution < -0.4 is 0 Å². The van der Waals surface area contributed by atoms with Gasteiger partial charge in [-0.05, 0) is 39.8 Å². The number of hydrogen-bond acceptors (Lipinski definition) is 6. The van der Waals surface area contributed by atoms with Crippen molar-refractivity contribution in [2.24, 2.45) is 0 Å². The third-order valence-electron chi connectivity index (χ3n) is 12.9. The van der Waals surface area contributed by atoms with Crippen molar-refractivity contribution < 1.29 is 177 Å². The van der Waals surface area contributed by atoms with Crippen LogP contribution in [0, 0.1) is 0 Å². The second-order valence-electron chi connectivity index (χ2n) is 20.1. The third-order valence-corrected chi connectivity index (χ3v) is 13.8. The van der Waals surface area contributed by atoms with E-state index in [2.05, 4.69) is 0 Å². The van der Waals surface area contributed by atoms with Crippen molar-refractivity contribution in [2.75, 3.05) is 53.7 Å². The summed E-state index contributed by atoms with van der Waals surface area (Å²) >= 11 is 0. The van der Waals surface area contributed by atoms with Gasteiger partial charge in [-0.15, -0.1) is 0 Å². The van der Waals surface area contributed by atoms with Gasteiger partial charge < -0.3 is 19.3 Å². The number of halogens is 34. The fourth-order valence-corrected chi connectivity index (χ4v) is 8.09. The van der Waals surface area contributed by atoms with Gasteiger partial charge in [0.05, 0.1) is 19.8 Å². The highest BCUT2D eigenvalue weighted by Crippen LogP contribution is 2.66. The number of phosphoric acid groups is 1. The molecule has 0 saturated heterocycles. The van der Waals surface area contributed by atoms with Gasteiger partial charge in [0, 0.05) is 32.6 Å². The topological polar surface area (TPSA) is 77.5 Å². The van der Waals surface area contributed by atoms with Gasteiger partial charge in [0.25, 0.3) is 0 Å². The van der Waals surface area contributed by atoms with Gasteiger partial charge in [-0.3, -0.25) is 9.05 Å². The molecule has 0 aromatic carbocycles. The predicted molar refractivity (Wildman–Crippen MR) is 235 cm³/mol. The molecule has 524 valence electrons. The average molecular weight is 1390 g/mol. The quantitative estimate of drug-likeness (QED) is 0.0370. The summed E-state index contributed by atoms with van der Waals surface area (Å²) in [5.74, 6) is -113. The van der Waals surface area contributed by atoms with Crippen molar-refractivity contribution in [3.05, 3.63) is 0 Å². The highest BCUT2D eigenvalue weighted by atomic mass is 31.2. The maximum absolute atomic E-state index is 14.2. The summed E-state index contributed by atoms with van der Waals surface area (Å²) in [5, 5.41) is 0.